The van der Waals surface area contributed by atoms with Crippen molar-refractivity contribution < 1.29 is 28.5 Å². The summed E-state index contributed by atoms with van der Waals surface area (Å²) in [6.45, 7) is 3.90. The van der Waals surface area contributed by atoms with E-state index in [9.17, 15) is 9.59 Å². The van der Waals surface area contributed by atoms with Gasteiger partial charge in [-0.15, -0.1) is 0 Å². The van der Waals surface area contributed by atoms with Crippen LogP contribution in [0.15, 0.2) is 53.7 Å². The fraction of sp³-hybridized carbons (Fsp3) is 0.333. The van der Waals surface area contributed by atoms with Gasteiger partial charge in [0.25, 0.3) is 0 Å². The topological polar surface area (TPSA) is 86.3 Å². The molecule has 1 aliphatic heterocycles. The molecule has 2 aromatic carbocycles. The van der Waals surface area contributed by atoms with E-state index in [-0.39, 0.29) is 24.8 Å². The predicted octanol–water partition coefficient (Wildman–Crippen LogP) is 3.60. The van der Waals surface area contributed by atoms with Gasteiger partial charge in [0.1, 0.15) is 12.4 Å². The van der Waals surface area contributed by atoms with Crippen LogP contribution in [0.25, 0.3) is 0 Å². The van der Waals surface area contributed by atoms with Crippen LogP contribution in [-0.4, -0.2) is 51.4 Å². The number of nitrogens with one attached hydrogen (secondary N) is 1. The van der Waals surface area contributed by atoms with Crippen LogP contribution in [0.3, 0.4) is 0 Å². The van der Waals surface area contributed by atoms with Crippen LogP contribution in [0.1, 0.15) is 24.1 Å². The van der Waals surface area contributed by atoms with Gasteiger partial charge in [-0.25, -0.2) is 9.59 Å². The molecule has 0 unspecified atom stereocenters. The molecule has 0 aromatic heterocycles. The van der Waals surface area contributed by atoms with Crippen LogP contribution in [0.2, 0.25) is 0 Å². The molecule has 32 heavy (non-hydrogen) atoms. The Bertz CT molecular complexity index is 1020. The number of benzene rings is 2. The van der Waals surface area contributed by atoms with Crippen molar-refractivity contribution in [3.63, 3.8) is 0 Å². The molecule has 1 N–H and O–H groups in total. The zero-order chi connectivity index (χ0) is 23.3. The molecule has 8 heteroatoms. The summed E-state index contributed by atoms with van der Waals surface area (Å²) in [5, 5.41) is 2.87. The highest BCUT2D eigenvalue weighted by atomic mass is 16.5. The average Bonchev–Trinajstić information content (AvgIpc) is 2.80. The quantitative estimate of drug-likeness (QED) is 0.631. The second kappa shape index (κ2) is 10.1. The Morgan fingerprint density at radius 2 is 1.81 bits per heavy atom. The first-order valence-corrected chi connectivity index (χ1v) is 10.3. The molecule has 0 bridgehead atoms. The first-order valence-electron chi connectivity index (χ1n) is 10.3. The number of hydrogen-bond donors (Lipinski definition) is 1. The molecule has 2 amide bonds. The summed E-state index contributed by atoms with van der Waals surface area (Å²) >= 11 is 0. The van der Waals surface area contributed by atoms with E-state index in [0.29, 0.717) is 28.5 Å². The average molecular weight is 440 g/mol. The molecule has 8 nitrogen and oxygen atoms in total. The molecule has 0 spiro atoms. The number of hydrogen-bond acceptors (Lipinski definition) is 6. The van der Waals surface area contributed by atoms with Crippen molar-refractivity contribution in [2.75, 3.05) is 34.5 Å². The summed E-state index contributed by atoms with van der Waals surface area (Å²) in [5.74, 6) is 0.988. The number of carbonyl (C=O) groups excluding carboxylic acids is 2. The third-order valence-corrected chi connectivity index (χ3v) is 5.21. The number of carbonyl (C=O) groups is 2. The number of rotatable bonds is 8. The lowest BCUT2D eigenvalue weighted by atomic mass is 9.93. The maximum Gasteiger partial charge on any atom is 0.338 e. The Morgan fingerprint density at radius 3 is 2.44 bits per heavy atom. The molecule has 2 aromatic rings. The van der Waals surface area contributed by atoms with E-state index in [0.717, 1.165) is 5.56 Å². The van der Waals surface area contributed by atoms with Crippen LogP contribution >= 0.6 is 0 Å². The van der Waals surface area contributed by atoms with Crippen LogP contribution in [0.5, 0.6) is 17.2 Å². The molecule has 1 atom stereocenters. The normalized spacial score (nSPS) is 15.8. The van der Waals surface area contributed by atoms with E-state index in [2.05, 4.69) is 5.32 Å². The smallest absolute Gasteiger partial charge is 0.338 e. The van der Waals surface area contributed by atoms with Gasteiger partial charge in [0.15, 0.2) is 11.5 Å². The van der Waals surface area contributed by atoms with Crippen molar-refractivity contribution in [1.29, 1.82) is 0 Å². The van der Waals surface area contributed by atoms with E-state index in [1.807, 2.05) is 31.2 Å². The van der Waals surface area contributed by atoms with Crippen LogP contribution in [-0.2, 0) is 9.53 Å². The Kier molecular flexibility index (Phi) is 7.25. The SMILES string of the molecule is CCOC(=O)C1=C(COc2ccc(C)cc2)N(C)C(=O)N[C@@H]1c1cccc(OC)c1OC. The van der Waals surface area contributed by atoms with Gasteiger partial charge < -0.3 is 24.3 Å². The maximum absolute atomic E-state index is 13.1. The van der Waals surface area contributed by atoms with Gasteiger partial charge in [-0.05, 0) is 32.0 Å². The highest BCUT2D eigenvalue weighted by Crippen LogP contribution is 2.40. The Labute approximate surface area is 187 Å². The lowest BCUT2D eigenvalue weighted by Gasteiger charge is -2.35. The molecule has 170 valence electrons. The molecule has 0 fully saturated rings. The number of nitrogens with zero attached hydrogens (tertiary/aromatic N) is 1. The van der Waals surface area contributed by atoms with Crippen molar-refractivity contribution in [2.45, 2.75) is 19.9 Å². The summed E-state index contributed by atoms with van der Waals surface area (Å²) in [6, 6.07) is 11.6. The molecule has 0 aliphatic carbocycles. The zero-order valence-corrected chi connectivity index (χ0v) is 18.9. The summed E-state index contributed by atoms with van der Waals surface area (Å²) in [4.78, 5) is 27.3. The van der Waals surface area contributed by atoms with Gasteiger partial charge in [0, 0.05) is 12.6 Å². The summed E-state index contributed by atoms with van der Waals surface area (Å²) in [5.41, 5.74) is 2.35. The minimum atomic E-state index is -0.806. The van der Waals surface area contributed by atoms with E-state index >= 15 is 0 Å². The van der Waals surface area contributed by atoms with Gasteiger partial charge in [0.2, 0.25) is 0 Å². The van der Waals surface area contributed by atoms with Gasteiger partial charge in [-0.3, -0.25) is 4.90 Å². The number of para-hydroxylation sites is 1. The Balaban J connectivity index is 2.10. The number of urea groups is 1. The highest BCUT2D eigenvalue weighted by molar-refractivity contribution is 5.95. The zero-order valence-electron chi connectivity index (χ0n) is 18.9. The van der Waals surface area contributed by atoms with Gasteiger partial charge in [-0.2, -0.15) is 0 Å². The molecular weight excluding hydrogens is 412 g/mol. The number of amides is 2. The minimum absolute atomic E-state index is 0.00388. The van der Waals surface area contributed by atoms with Crippen LogP contribution in [0, 0.1) is 6.92 Å². The van der Waals surface area contributed by atoms with Gasteiger partial charge in [0.05, 0.1) is 38.1 Å². The van der Waals surface area contributed by atoms with Crippen molar-refractivity contribution >= 4 is 12.0 Å². The van der Waals surface area contributed by atoms with Gasteiger partial charge in [-0.1, -0.05) is 29.8 Å². The lowest BCUT2D eigenvalue weighted by Crippen LogP contribution is -2.48. The Morgan fingerprint density at radius 1 is 1.09 bits per heavy atom. The largest absolute Gasteiger partial charge is 0.493 e. The third-order valence-electron chi connectivity index (χ3n) is 5.21. The fourth-order valence-corrected chi connectivity index (χ4v) is 3.54. The van der Waals surface area contributed by atoms with E-state index in [1.165, 1.54) is 19.1 Å². The lowest BCUT2D eigenvalue weighted by molar-refractivity contribution is -0.139. The molecule has 0 radical (unpaired) electrons. The van der Waals surface area contributed by atoms with Crippen molar-refractivity contribution in [1.82, 2.24) is 10.2 Å². The molecule has 3 rings (SSSR count). The van der Waals surface area contributed by atoms with Crippen molar-refractivity contribution in [3.8, 4) is 17.2 Å². The number of methoxy groups -OCH3 is 2. The van der Waals surface area contributed by atoms with Crippen molar-refractivity contribution in [2.24, 2.45) is 0 Å². The van der Waals surface area contributed by atoms with Crippen LogP contribution in [0.4, 0.5) is 4.79 Å². The predicted molar refractivity (Wildman–Crippen MR) is 119 cm³/mol. The van der Waals surface area contributed by atoms with Crippen molar-refractivity contribution in [3.05, 3.63) is 64.9 Å². The monoisotopic (exact) mass is 440 g/mol. The molecule has 1 aliphatic rings. The second-order valence-electron chi connectivity index (χ2n) is 7.21. The third kappa shape index (κ3) is 4.64. The summed E-state index contributed by atoms with van der Waals surface area (Å²) < 4.78 is 22.2. The highest BCUT2D eigenvalue weighted by Gasteiger charge is 2.38. The molecular formula is C24H28N2O6. The summed E-state index contributed by atoms with van der Waals surface area (Å²) in [6.07, 6.45) is 0. The molecule has 1 heterocycles. The summed E-state index contributed by atoms with van der Waals surface area (Å²) in [7, 11) is 4.62. The number of esters is 1. The number of aryl methyl sites for hydroxylation is 1. The number of ether oxygens (including phenoxy) is 4. The standard InChI is InChI=1S/C24H28N2O6/c1-6-31-23(27)20-18(14-32-16-12-10-15(2)11-13-16)26(3)24(28)25-21(20)17-8-7-9-19(29-4)22(17)30-5/h7-13,21H,6,14H2,1-5H3,(H,25,28)/t21-/m1/s1. The number of likely N-dealkylation sites (N-methyl/N-ethyl adjacent to an activating group) is 1. The minimum Gasteiger partial charge on any atom is -0.493 e. The second-order valence-corrected chi connectivity index (χ2v) is 7.21. The Hall–Kier alpha value is -3.68. The molecule has 0 saturated carbocycles. The van der Waals surface area contributed by atoms with E-state index in [4.69, 9.17) is 18.9 Å². The first kappa shape index (κ1) is 23.0. The molecule has 0 saturated heterocycles. The maximum atomic E-state index is 13.1. The first-order chi connectivity index (χ1) is 15.4. The van der Waals surface area contributed by atoms with Gasteiger partial charge >= 0.3 is 12.0 Å². The van der Waals surface area contributed by atoms with E-state index in [1.54, 1.807) is 32.2 Å². The van der Waals surface area contributed by atoms with E-state index < -0.39 is 12.0 Å². The fourth-order valence-electron chi connectivity index (χ4n) is 3.54. The van der Waals surface area contributed by atoms with Crippen LogP contribution < -0.4 is 19.5 Å².